The summed E-state index contributed by atoms with van der Waals surface area (Å²) in [5.74, 6) is -2.63. The molecule has 0 radical (unpaired) electrons. The zero-order valence-electron chi connectivity index (χ0n) is 16.5. The van der Waals surface area contributed by atoms with Crippen LogP contribution in [0.25, 0.3) is 0 Å². The van der Waals surface area contributed by atoms with Crippen LogP contribution in [0.4, 0.5) is 0 Å². The summed E-state index contributed by atoms with van der Waals surface area (Å²) in [7, 11) is 0. The number of halogens is 1. The number of nitrogens with one attached hydrogen (secondary N) is 2. The van der Waals surface area contributed by atoms with Crippen LogP contribution in [-0.4, -0.2) is 40.4 Å². The molecule has 3 heterocycles. The summed E-state index contributed by atoms with van der Waals surface area (Å²) in [6.07, 6.45) is 0.460. The van der Waals surface area contributed by atoms with Crippen LogP contribution >= 0.6 is 22.9 Å². The number of hydrogen-bond acceptors (Lipinski definition) is 6. The van der Waals surface area contributed by atoms with Crippen LogP contribution in [0.15, 0.2) is 23.6 Å². The molecule has 2 aromatic rings. The van der Waals surface area contributed by atoms with E-state index in [1.165, 1.54) is 22.3 Å². The number of hydrogen-bond donors (Lipinski definition) is 2. The van der Waals surface area contributed by atoms with Gasteiger partial charge in [-0.05, 0) is 36.6 Å². The summed E-state index contributed by atoms with van der Waals surface area (Å²) in [5.41, 5.74) is 2.20. The first-order chi connectivity index (χ1) is 14.8. The highest BCUT2D eigenvalue weighted by molar-refractivity contribution is 7.10. The molecule has 2 aliphatic rings. The maximum absolute atomic E-state index is 12.7. The van der Waals surface area contributed by atoms with E-state index in [9.17, 15) is 24.0 Å². The summed E-state index contributed by atoms with van der Waals surface area (Å²) < 4.78 is 0. The van der Waals surface area contributed by atoms with Crippen LogP contribution in [0.1, 0.15) is 49.6 Å². The lowest BCUT2D eigenvalue weighted by atomic mass is 10.0. The highest BCUT2D eigenvalue weighted by Crippen LogP contribution is 2.33. The van der Waals surface area contributed by atoms with Gasteiger partial charge in [0.25, 0.3) is 17.6 Å². The van der Waals surface area contributed by atoms with Gasteiger partial charge in [-0.2, -0.15) is 0 Å². The van der Waals surface area contributed by atoms with E-state index < -0.39 is 23.6 Å². The molecule has 1 unspecified atom stereocenters. The minimum absolute atomic E-state index is 0.0739. The lowest BCUT2D eigenvalue weighted by Crippen LogP contribution is -2.52. The number of amides is 4. The van der Waals surface area contributed by atoms with Gasteiger partial charge in [0, 0.05) is 28.8 Å². The van der Waals surface area contributed by atoms with Crippen molar-refractivity contribution in [3.8, 4) is 0 Å². The van der Waals surface area contributed by atoms with Crippen molar-refractivity contribution in [1.82, 2.24) is 15.5 Å². The van der Waals surface area contributed by atoms with Crippen molar-refractivity contribution in [3.05, 3.63) is 55.7 Å². The average molecular weight is 460 g/mol. The van der Waals surface area contributed by atoms with Gasteiger partial charge in [0.05, 0.1) is 17.1 Å². The lowest BCUT2D eigenvalue weighted by Gasteiger charge is -2.29. The van der Waals surface area contributed by atoms with E-state index in [-0.39, 0.29) is 48.3 Å². The van der Waals surface area contributed by atoms with Crippen LogP contribution in [0.2, 0.25) is 5.02 Å². The smallest absolute Gasteiger partial charge is 0.292 e. The minimum Gasteiger partial charge on any atom is -0.344 e. The van der Waals surface area contributed by atoms with Gasteiger partial charge in [-0.1, -0.05) is 17.7 Å². The number of carbonyl (C=O) groups excluding carboxylic acids is 5. The van der Waals surface area contributed by atoms with E-state index in [4.69, 9.17) is 11.6 Å². The first kappa shape index (κ1) is 21.2. The molecule has 1 atom stereocenters. The van der Waals surface area contributed by atoms with Crippen molar-refractivity contribution in [2.75, 3.05) is 0 Å². The number of imide groups is 1. The maximum Gasteiger partial charge on any atom is 0.292 e. The molecule has 8 nitrogen and oxygen atoms in total. The Labute approximate surface area is 186 Å². The number of nitrogens with zero attached hydrogens (tertiary/aromatic N) is 1. The molecule has 1 aromatic heterocycles. The summed E-state index contributed by atoms with van der Waals surface area (Å²) in [6.45, 7) is 2.12. The topological polar surface area (TPSA) is 113 Å². The van der Waals surface area contributed by atoms with Crippen molar-refractivity contribution in [2.24, 2.45) is 0 Å². The number of aryl methyl sites for hydroxylation is 1. The highest BCUT2D eigenvalue weighted by atomic mass is 35.5. The van der Waals surface area contributed by atoms with Crippen LogP contribution < -0.4 is 10.6 Å². The highest BCUT2D eigenvalue weighted by Gasteiger charge is 2.40. The number of piperidine rings is 1. The van der Waals surface area contributed by atoms with E-state index in [2.05, 4.69) is 10.6 Å². The number of fused-ring (bicyclic) bond motifs is 1. The van der Waals surface area contributed by atoms with Crippen molar-refractivity contribution >= 4 is 52.3 Å². The second-order valence-electron chi connectivity index (χ2n) is 7.45. The molecular weight excluding hydrogens is 442 g/mol. The molecule has 2 aliphatic heterocycles. The van der Waals surface area contributed by atoms with Crippen molar-refractivity contribution in [2.45, 2.75) is 38.9 Å². The van der Waals surface area contributed by atoms with Crippen molar-refractivity contribution in [3.63, 3.8) is 0 Å². The Morgan fingerprint density at radius 1 is 1.29 bits per heavy atom. The van der Waals surface area contributed by atoms with Gasteiger partial charge in [-0.15, -0.1) is 11.3 Å². The zero-order chi connectivity index (χ0) is 22.3. The fraction of sp³-hybridized carbons (Fsp3) is 0.286. The molecule has 4 amide bonds. The van der Waals surface area contributed by atoms with E-state index in [1.54, 1.807) is 17.5 Å². The average Bonchev–Trinajstić information content (AvgIpc) is 3.26. The fourth-order valence-corrected chi connectivity index (χ4v) is 5.02. The summed E-state index contributed by atoms with van der Waals surface area (Å²) in [4.78, 5) is 63.2. The second-order valence-corrected chi connectivity index (χ2v) is 8.82. The Hall–Kier alpha value is -3.04. The number of benzene rings is 1. The molecule has 0 spiro atoms. The summed E-state index contributed by atoms with van der Waals surface area (Å²) >= 11 is 7.38. The predicted molar refractivity (Wildman–Crippen MR) is 113 cm³/mol. The molecule has 1 aromatic carbocycles. The molecule has 31 heavy (non-hydrogen) atoms. The monoisotopic (exact) mass is 459 g/mol. The SMILES string of the molecule is Cc1ccc(C(=O)C(=O)NCc2scc3c2CN(C2CCC(=O)NC2=O)C3=O)c(Cl)c1. The van der Waals surface area contributed by atoms with Gasteiger partial charge in [-0.3, -0.25) is 29.3 Å². The maximum atomic E-state index is 12.7. The fourth-order valence-electron chi connectivity index (χ4n) is 3.72. The van der Waals surface area contributed by atoms with Crippen molar-refractivity contribution in [1.29, 1.82) is 0 Å². The second kappa shape index (κ2) is 8.24. The molecule has 1 saturated heterocycles. The van der Waals surface area contributed by atoms with Gasteiger partial charge in [0.1, 0.15) is 6.04 Å². The van der Waals surface area contributed by atoms with Gasteiger partial charge in [0.15, 0.2) is 0 Å². The van der Waals surface area contributed by atoms with Crippen LogP contribution in [-0.2, 0) is 27.5 Å². The molecule has 10 heteroatoms. The zero-order valence-corrected chi connectivity index (χ0v) is 18.1. The number of Topliss-reactive ketones (excluding diaryl/α,β-unsaturated/α-hetero) is 1. The normalized spacial score (nSPS) is 18.1. The number of carbonyl (C=O) groups is 5. The third-order valence-corrected chi connectivity index (χ3v) is 6.71. The Balaban J connectivity index is 1.43. The summed E-state index contributed by atoms with van der Waals surface area (Å²) in [5, 5.41) is 6.75. The Morgan fingerprint density at radius 2 is 2.06 bits per heavy atom. The Kier molecular flexibility index (Phi) is 5.63. The van der Waals surface area contributed by atoms with E-state index in [0.717, 1.165) is 16.0 Å². The van der Waals surface area contributed by atoms with Gasteiger partial charge >= 0.3 is 0 Å². The minimum atomic E-state index is -0.792. The summed E-state index contributed by atoms with van der Waals surface area (Å²) in [6, 6.07) is 4.13. The van der Waals surface area contributed by atoms with Crippen LogP contribution in [0.3, 0.4) is 0 Å². The first-order valence-corrected chi connectivity index (χ1v) is 10.8. The first-order valence-electron chi connectivity index (χ1n) is 9.59. The van der Waals surface area contributed by atoms with E-state index >= 15 is 0 Å². The number of ketones is 1. The molecule has 2 N–H and O–H groups in total. The van der Waals surface area contributed by atoms with Gasteiger partial charge in [0.2, 0.25) is 11.8 Å². The van der Waals surface area contributed by atoms with Crippen LogP contribution in [0, 0.1) is 6.92 Å². The number of thiophene rings is 1. The molecule has 160 valence electrons. The molecule has 0 bridgehead atoms. The van der Waals surface area contributed by atoms with Crippen molar-refractivity contribution < 1.29 is 24.0 Å². The largest absolute Gasteiger partial charge is 0.344 e. The number of rotatable bonds is 5. The molecule has 0 aliphatic carbocycles. The molecular formula is C21H18ClN3O5S. The molecule has 0 saturated carbocycles. The third kappa shape index (κ3) is 3.98. The van der Waals surface area contributed by atoms with E-state index in [1.807, 2.05) is 6.92 Å². The van der Waals surface area contributed by atoms with Gasteiger partial charge in [-0.25, -0.2) is 0 Å². The Bertz CT molecular complexity index is 1140. The predicted octanol–water partition coefficient (Wildman–Crippen LogP) is 1.97. The standard InChI is InChI=1S/C21H18ClN3O5S/c1-10-2-3-11(14(22)6-10)18(27)20(29)23-7-16-12-8-25(21(30)13(12)9-31-16)15-4-5-17(26)24-19(15)28/h2-3,6,9,15H,4-5,7-8H2,1H3,(H,23,29)(H,24,26,28). The molecule has 4 rings (SSSR count). The Morgan fingerprint density at radius 3 is 2.77 bits per heavy atom. The third-order valence-electron chi connectivity index (χ3n) is 5.37. The quantitative estimate of drug-likeness (QED) is 0.403. The van der Waals surface area contributed by atoms with Crippen LogP contribution in [0.5, 0.6) is 0 Å². The lowest BCUT2D eigenvalue weighted by molar-refractivity contribution is -0.136. The van der Waals surface area contributed by atoms with Gasteiger partial charge < -0.3 is 10.2 Å². The van der Waals surface area contributed by atoms with E-state index in [0.29, 0.717) is 5.56 Å². The molecule has 1 fully saturated rings.